The Hall–Kier alpha value is -4.54. The van der Waals surface area contributed by atoms with Gasteiger partial charge in [0.1, 0.15) is 11.5 Å². The summed E-state index contributed by atoms with van der Waals surface area (Å²) in [6.45, 7) is 4.13. The Bertz CT molecular complexity index is 1400. The molecule has 1 saturated heterocycles. The lowest BCUT2D eigenvalue weighted by Crippen LogP contribution is -2.31. The number of ketones is 1. The molecule has 11 nitrogen and oxygen atoms in total. The van der Waals surface area contributed by atoms with Gasteiger partial charge in [0.2, 0.25) is 0 Å². The zero-order chi connectivity index (χ0) is 27.6. The van der Waals surface area contributed by atoms with Crippen molar-refractivity contribution in [1.82, 2.24) is 19.4 Å². The summed E-state index contributed by atoms with van der Waals surface area (Å²) in [7, 11) is 4.25. The molecule has 1 aliphatic heterocycles. The van der Waals surface area contributed by atoms with Crippen molar-refractivity contribution in [2.24, 2.45) is 0 Å². The number of aliphatic hydroxyl groups is 1. The quantitative estimate of drug-likeness (QED) is 0.189. The van der Waals surface area contributed by atoms with E-state index in [1.807, 2.05) is 10.8 Å². The number of ether oxygens (including phenoxy) is 3. The maximum atomic E-state index is 13.4. The Morgan fingerprint density at radius 3 is 2.47 bits per heavy atom. The lowest BCUT2D eigenvalue weighted by atomic mass is 9.93. The van der Waals surface area contributed by atoms with Gasteiger partial charge in [0.15, 0.2) is 11.5 Å². The molecule has 38 heavy (non-hydrogen) atoms. The number of amides is 1. The number of carbonyl (C=O) groups excluding carboxylic acids is 3. The van der Waals surface area contributed by atoms with Crippen LogP contribution in [0.15, 0.2) is 42.5 Å². The third-order valence-corrected chi connectivity index (χ3v) is 6.70. The van der Waals surface area contributed by atoms with Crippen LogP contribution < -0.4 is 9.47 Å². The Balaban J connectivity index is 1.84. The second kappa shape index (κ2) is 10.8. The lowest BCUT2D eigenvalue weighted by Gasteiger charge is -2.26. The third kappa shape index (κ3) is 4.62. The molecule has 0 aliphatic carbocycles. The van der Waals surface area contributed by atoms with Crippen LogP contribution in [0.4, 0.5) is 0 Å². The van der Waals surface area contributed by atoms with Gasteiger partial charge >= 0.3 is 5.97 Å². The number of Topliss-reactive ketones (excluding diaryl/α,β-unsaturated/α-hetero) is 1. The van der Waals surface area contributed by atoms with Gasteiger partial charge in [-0.15, -0.1) is 0 Å². The van der Waals surface area contributed by atoms with Crippen LogP contribution in [0.3, 0.4) is 0 Å². The first kappa shape index (κ1) is 26.5. The van der Waals surface area contributed by atoms with Gasteiger partial charge in [-0.1, -0.05) is 6.07 Å². The van der Waals surface area contributed by atoms with Crippen LogP contribution in [0, 0.1) is 13.8 Å². The summed E-state index contributed by atoms with van der Waals surface area (Å²) in [6.07, 6.45) is 5.70. The molecule has 2 aromatic heterocycles. The van der Waals surface area contributed by atoms with Gasteiger partial charge in [0, 0.05) is 36.7 Å². The molecule has 11 heteroatoms. The van der Waals surface area contributed by atoms with Crippen molar-refractivity contribution < 1.29 is 33.7 Å². The number of rotatable bonds is 9. The number of aryl methyl sites for hydroxylation is 2. The SMILES string of the molecule is COC(=O)c1[nH]c(C)c(/C(O)=C2\C(=O)C(=O)N(CCCn3ccnc3)C2c2ccc(OC)c(OC)c2)c1C. The number of aromatic amines is 1. The highest BCUT2D eigenvalue weighted by Crippen LogP contribution is 2.43. The number of carbonyl (C=O) groups is 3. The van der Waals surface area contributed by atoms with E-state index in [9.17, 15) is 19.5 Å². The predicted molar refractivity (Wildman–Crippen MR) is 137 cm³/mol. The smallest absolute Gasteiger partial charge is 0.354 e. The van der Waals surface area contributed by atoms with Crippen LogP contribution in [-0.2, 0) is 20.9 Å². The molecule has 1 aliphatic rings. The number of aliphatic hydroxyl groups excluding tert-OH is 1. The fourth-order valence-corrected chi connectivity index (χ4v) is 4.87. The Morgan fingerprint density at radius 1 is 1.11 bits per heavy atom. The minimum atomic E-state index is -0.895. The van der Waals surface area contributed by atoms with Crippen molar-refractivity contribution in [3.8, 4) is 11.5 Å². The van der Waals surface area contributed by atoms with E-state index < -0.39 is 23.7 Å². The Morgan fingerprint density at radius 2 is 1.84 bits per heavy atom. The van der Waals surface area contributed by atoms with Gasteiger partial charge in [0.05, 0.1) is 39.3 Å². The molecule has 0 saturated carbocycles. The number of nitrogens with one attached hydrogen (secondary N) is 1. The maximum absolute atomic E-state index is 13.4. The summed E-state index contributed by atoms with van der Waals surface area (Å²) < 4.78 is 17.5. The normalized spacial score (nSPS) is 16.7. The third-order valence-electron chi connectivity index (χ3n) is 6.70. The highest BCUT2D eigenvalue weighted by Gasteiger charge is 2.46. The van der Waals surface area contributed by atoms with Crippen molar-refractivity contribution in [3.05, 3.63) is 70.6 Å². The number of hydrogen-bond donors (Lipinski definition) is 2. The first-order chi connectivity index (χ1) is 18.2. The topological polar surface area (TPSA) is 136 Å². The summed E-state index contributed by atoms with van der Waals surface area (Å²) in [5, 5.41) is 11.5. The van der Waals surface area contributed by atoms with Crippen LogP contribution in [0.25, 0.3) is 5.76 Å². The van der Waals surface area contributed by atoms with E-state index in [-0.39, 0.29) is 29.1 Å². The molecule has 2 N–H and O–H groups in total. The lowest BCUT2D eigenvalue weighted by molar-refractivity contribution is -0.139. The number of hydrogen-bond acceptors (Lipinski definition) is 8. The van der Waals surface area contributed by atoms with Gasteiger partial charge in [-0.2, -0.15) is 0 Å². The van der Waals surface area contributed by atoms with E-state index in [0.29, 0.717) is 41.3 Å². The Labute approximate surface area is 219 Å². The fourth-order valence-electron chi connectivity index (χ4n) is 4.87. The van der Waals surface area contributed by atoms with E-state index in [1.54, 1.807) is 44.6 Å². The molecule has 1 amide bonds. The highest BCUT2D eigenvalue weighted by molar-refractivity contribution is 6.46. The minimum Gasteiger partial charge on any atom is -0.507 e. The van der Waals surface area contributed by atoms with Crippen LogP contribution in [-0.4, -0.2) is 70.1 Å². The highest BCUT2D eigenvalue weighted by atomic mass is 16.5. The zero-order valence-electron chi connectivity index (χ0n) is 21.9. The van der Waals surface area contributed by atoms with Gasteiger partial charge in [-0.25, -0.2) is 9.78 Å². The fraction of sp³-hybridized carbons (Fsp3) is 0.333. The number of esters is 1. The van der Waals surface area contributed by atoms with Gasteiger partial charge in [-0.05, 0) is 43.5 Å². The molecule has 4 rings (SSSR count). The Kier molecular flexibility index (Phi) is 7.56. The molecule has 1 atom stereocenters. The van der Waals surface area contributed by atoms with Gasteiger partial charge in [0.25, 0.3) is 11.7 Å². The van der Waals surface area contributed by atoms with Crippen molar-refractivity contribution in [2.45, 2.75) is 32.9 Å². The molecule has 1 aromatic carbocycles. The maximum Gasteiger partial charge on any atom is 0.354 e. The first-order valence-corrected chi connectivity index (χ1v) is 12.0. The summed E-state index contributed by atoms with van der Waals surface area (Å²) >= 11 is 0. The van der Waals surface area contributed by atoms with E-state index >= 15 is 0 Å². The standard InChI is InChI=1S/C27H30N4O7/c1-15-20(16(2)29-22(15)27(35)38-5)24(32)21-23(17-7-8-18(36-3)19(13-17)37-4)31(26(34)25(21)33)11-6-10-30-12-9-28-14-30/h7-9,12-14,23,29,32H,6,10-11H2,1-5H3/b24-21+. The molecule has 0 spiro atoms. The molecule has 3 aromatic rings. The molecule has 0 radical (unpaired) electrons. The van der Waals surface area contributed by atoms with E-state index in [2.05, 4.69) is 9.97 Å². The second-order valence-electron chi connectivity index (χ2n) is 8.88. The van der Waals surface area contributed by atoms with Crippen molar-refractivity contribution in [2.75, 3.05) is 27.9 Å². The van der Waals surface area contributed by atoms with Crippen LogP contribution in [0.1, 0.15) is 45.3 Å². The van der Waals surface area contributed by atoms with E-state index in [1.165, 1.54) is 26.2 Å². The van der Waals surface area contributed by atoms with Crippen LogP contribution >= 0.6 is 0 Å². The molecule has 200 valence electrons. The number of aromatic nitrogens is 3. The number of H-pyrrole nitrogens is 1. The summed E-state index contributed by atoms with van der Waals surface area (Å²) in [5.74, 6) is -1.63. The number of likely N-dealkylation sites (tertiary alicyclic amines) is 1. The van der Waals surface area contributed by atoms with Gasteiger partial charge in [-0.3, -0.25) is 9.59 Å². The molecule has 0 bridgehead atoms. The van der Waals surface area contributed by atoms with Crippen molar-refractivity contribution >= 4 is 23.4 Å². The molecular weight excluding hydrogens is 492 g/mol. The molecule has 3 heterocycles. The molecular formula is C27H30N4O7. The van der Waals surface area contributed by atoms with E-state index in [0.717, 1.165) is 0 Å². The minimum absolute atomic E-state index is 0.0773. The number of nitrogens with zero attached hydrogens (tertiary/aromatic N) is 3. The van der Waals surface area contributed by atoms with Crippen LogP contribution in [0.5, 0.6) is 11.5 Å². The molecule has 1 fully saturated rings. The van der Waals surface area contributed by atoms with Crippen LogP contribution in [0.2, 0.25) is 0 Å². The molecule has 1 unspecified atom stereocenters. The number of methoxy groups -OCH3 is 3. The largest absolute Gasteiger partial charge is 0.507 e. The predicted octanol–water partition coefficient (Wildman–Crippen LogP) is 3.14. The van der Waals surface area contributed by atoms with E-state index in [4.69, 9.17) is 14.2 Å². The summed E-state index contributed by atoms with van der Waals surface area (Å²) in [5.41, 5.74) is 1.77. The summed E-state index contributed by atoms with van der Waals surface area (Å²) in [6, 6.07) is 4.20. The monoisotopic (exact) mass is 522 g/mol. The second-order valence-corrected chi connectivity index (χ2v) is 8.88. The summed E-state index contributed by atoms with van der Waals surface area (Å²) in [4.78, 5) is 47.4. The average molecular weight is 523 g/mol. The van der Waals surface area contributed by atoms with Crippen molar-refractivity contribution in [3.63, 3.8) is 0 Å². The zero-order valence-corrected chi connectivity index (χ0v) is 21.9. The average Bonchev–Trinajstić information content (AvgIpc) is 3.61. The number of benzene rings is 1. The number of imidazole rings is 1. The van der Waals surface area contributed by atoms with Gasteiger partial charge < -0.3 is 33.8 Å². The van der Waals surface area contributed by atoms with Crippen molar-refractivity contribution in [1.29, 1.82) is 0 Å². The first-order valence-electron chi connectivity index (χ1n) is 12.0.